The fraction of sp³-hybridized carbons (Fsp3) is 0.455. The largest absolute Gasteiger partial charge is 0.429 e. The molecule has 0 aromatic carbocycles. The van der Waals surface area contributed by atoms with Gasteiger partial charge in [0.1, 0.15) is 5.76 Å². The maximum absolute atomic E-state index is 14.9. The van der Waals surface area contributed by atoms with Gasteiger partial charge in [0, 0.05) is 10.8 Å². The van der Waals surface area contributed by atoms with Gasteiger partial charge in [0.15, 0.2) is 0 Å². The Balaban J connectivity index is 2.34. The molecule has 0 aromatic heterocycles. The monoisotopic (exact) mass is 346 g/mol. The Morgan fingerprint density at radius 3 is 2.12 bits per heavy atom. The molecule has 0 amide bonds. The number of rotatable bonds is 4. The van der Waals surface area contributed by atoms with Gasteiger partial charge in [-0.3, -0.25) is 0 Å². The van der Waals surface area contributed by atoms with Crippen LogP contribution < -0.4 is 0 Å². The van der Waals surface area contributed by atoms with E-state index < -0.39 is 11.5 Å². The molecule has 0 radical (unpaired) electrons. The van der Waals surface area contributed by atoms with Crippen LogP contribution in [0.25, 0.3) is 0 Å². The predicted octanol–water partition coefficient (Wildman–Crippen LogP) is 6.88. The maximum atomic E-state index is 14.9. The highest BCUT2D eigenvalue weighted by Crippen LogP contribution is 2.38. The second-order valence-electron chi connectivity index (χ2n) is 7.89. The molecule has 2 aliphatic rings. The van der Waals surface area contributed by atoms with E-state index in [2.05, 4.69) is 6.08 Å². The van der Waals surface area contributed by atoms with Crippen LogP contribution >= 0.6 is 0 Å². The van der Waals surface area contributed by atoms with E-state index in [1.54, 1.807) is 24.3 Å². The van der Waals surface area contributed by atoms with Gasteiger partial charge in [0.05, 0.1) is 5.57 Å². The summed E-state index contributed by atoms with van der Waals surface area (Å²) in [6.45, 7) is 11.7. The molecule has 0 N–H and O–H groups in total. The van der Waals surface area contributed by atoms with Gasteiger partial charge in [0.25, 0.3) is 0 Å². The molecule has 136 valence electrons. The van der Waals surface area contributed by atoms with E-state index in [4.69, 9.17) is 4.74 Å². The molecular weight excluding hydrogens is 318 g/mol. The smallest absolute Gasteiger partial charge is 0.426 e. The average molecular weight is 346 g/mol. The average Bonchev–Trinajstić information content (AvgIpc) is 2.70. The van der Waals surface area contributed by atoms with E-state index in [1.807, 2.05) is 53.7 Å². The molecule has 0 spiro atoms. The molecule has 0 heterocycles. The molecule has 0 aliphatic heterocycles. The Bertz CT molecular complexity index is 714. The van der Waals surface area contributed by atoms with E-state index in [9.17, 15) is 8.78 Å². The normalized spacial score (nSPS) is 26.1. The Labute approximate surface area is 150 Å². The lowest BCUT2D eigenvalue weighted by Crippen LogP contribution is -2.24. The fourth-order valence-electron chi connectivity index (χ4n) is 3.20. The lowest BCUT2D eigenvalue weighted by atomic mass is 9.86. The van der Waals surface area contributed by atoms with E-state index in [0.717, 1.165) is 17.6 Å². The van der Waals surface area contributed by atoms with E-state index in [-0.39, 0.29) is 16.7 Å². The van der Waals surface area contributed by atoms with Crippen molar-refractivity contribution in [3.05, 3.63) is 71.1 Å². The minimum Gasteiger partial charge on any atom is -0.429 e. The van der Waals surface area contributed by atoms with Gasteiger partial charge < -0.3 is 4.74 Å². The van der Waals surface area contributed by atoms with Crippen molar-refractivity contribution in [2.45, 2.75) is 54.1 Å². The van der Waals surface area contributed by atoms with Crippen LogP contribution in [-0.2, 0) is 4.74 Å². The first kappa shape index (κ1) is 19.4. The van der Waals surface area contributed by atoms with E-state index in [0.29, 0.717) is 0 Å². The molecule has 1 atom stereocenters. The quantitative estimate of drug-likeness (QED) is 0.539. The first-order valence-corrected chi connectivity index (χ1v) is 8.73. The second-order valence-corrected chi connectivity index (χ2v) is 7.89. The zero-order valence-corrected chi connectivity index (χ0v) is 16.0. The van der Waals surface area contributed by atoms with Crippen molar-refractivity contribution in [2.75, 3.05) is 0 Å². The fourth-order valence-corrected chi connectivity index (χ4v) is 3.20. The molecular formula is C22H28F2O. The second kappa shape index (κ2) is 6.78. The number of hydrogen-bond donors (Lipinski definition) is 0. The van der Waals surface area contributed by atoms with Crippen molar-refractivity contribution >= 4 is 0 Å². The summed E-state index contributed by atoms with van der Waals surface area (Å²) < 4.78 is 34.9. The lowest BCUT2D eigenvalue weighted by molar-refractivity contribution is -0.177. The Morgan fingerprint density at radius 2 is 1.48 bits per heavy atom. The first-order valence-electron chi connectivity index (χ1n) is 8.73. The minimum atomic E-state index is -3.39. The summed E-state index contributed by atoms with van der Waals surface area (Å²) >= 11 is 0. The number of ether oxygens (including phenoxy) is 1. The zero-order chi connectivity index (χ0) is 18.9. The Kier molecular flexibility index (Phi) is 5.27. The molecule has 0 fully saturated rings. The summed E-state index contributed by atoms with van der Waals surface area (Å²) in [6, 6.07) is 0. The van der Waals surface area contributed by atoms with Gasteiger partial charge in [-0.2, -0.15) is 8.78 Å². The van der Waals surface area contributed by atoms with Crippen molar-refractivity contribution in [3.63, 3.8) is 0 Å². The SMILES string of the molecule is CCC1(C)C=C(C)C=CC(OC(F)(F)C2=CC(C)(C)C=C(C)C=C2)=C1. The number of hydrogen-bond acceptors (Lipinski definition) is 1. The van der Waals surface area contributed by atoms with Gasteiger partial charge in [-0.15, -0.1) is 0 Å². The van der Waals surface area contributed by atoms with Gasteiger partial charge in [-0.25, -0.2) is 0 Å². The number of allylic oxidation sites excluding steroid dienone is 9. The van der Waals surface area contributed by atoms with Crippen LogP contribution in [0.4, 0.5) is 8.78 Å². The Hall–Kier alpha value is -1.90. The summed E-state index contributed by atoms with van der Waals surface area (Å²) in [4.78, 5) is 0. The molecule has 2 rings (SSSR count). The summed E-state index contributed by atoms with van der Waals surface area (Å²) in [6.07, 6.45) is 11.4. The highest BCUT2D eigenvalue weighted by Gasteiger charge is 2.38. The third kappa shape index (κ3) is 5.04. The van der Waals surface area contributed by atoms with Crippen molar-refractivity contribution in [1.29, 1.82) is 0 Å². The third-order valence-electron chi connectivity index (χ3n) is 4.54. The van der Waals surface area contributed by atoms with E-state index >= 15 is 0 Å². The minimum absolute atomic E-state index is 0.118. The standard InChI is InChI=1S/C22H28F2O/c1-7-21(6)13-17(3)9-11-19(15-21)25-22(23,24)18-10-8-16(2)12-20(4,5)14-18/h8-15H,7H2,1-6H3. The number of alkyl halides is 2. The van der Waals surface area contributed by atoms with Gasteiger partial charge in [0.2, 0.25) is 0 Å². The van der Waals surface area contributed by atoms with Crippen molar-refractivity contribution in [2.24, 2.45) is 10.8 Å². The lowest BCUT2D eigenvalue weighted by Gasteiger charge is -2.25. The molecule has 2 aliphatic carbocycles. The van der Waals surface area contributed by atoms with Crippen molar-refractivity contribution in [3.8, 4) is 0 Å². The summed E-state index contributed by atoms with van der Waals surface area (Å²) in [7, 11) is 0. The van der Waals surface area contributed by atoms with Crippen molar-refractivity contribution in [1.82, 2.24) is 0 Å². The molecule has 1 unspecified atom stereocenters. The van der Waals surface area contributed by atoms with Gasteiger partial charge in [-0.1, -0.05) is 69.2 Å². The molecule has 0 bridgehead atoms. The molecule has 25 heavy (non-hydrogen) atoms. The van der Waals surface area contributed by atoms with Crippen LogP contribution in [0.2, 0.25) is 0 Å². The summed E-state index contributed by atoms with van der Waals surface area (Å²) in [5.74, 6) is 0.198. The van der Waals surface area contributed by atoms with Crippen LogP contribution in [0.1, 0.15) is 48.0 Å². The first-order chi connectivity index (χ1) is 11.4. The summed E-state index contributed by atoms with van der Waals surface area (Å²) in [5, 5.41) is 0. The Morgan fingerprint density at radius 1 is 0.880 bits per heavy atom. The highest BCUT2D eigenvalue weighted by molar-refractivity contribution is 5.39. The number of halogens is 2. The van der Waals surface area contributed by atoms with Gasteiger partial charge >= 0.3 is 6.11 Å². The van der Waals surface area contributed by atoms with E-state index in [1.165, 1.54) is 6.08 Å². The van der Waals surface area contributed by atoms with Gasteiger partial charge in [-0.05, 0) is 38.5 Å². The maximum Gasteiger partial charge on any atom is 0.426 e. The molecule has 0 aromatic rings. The zero-order valence-electron chi connectivity index (χ0n) is 16.0. The summed E-state index contributed by atoms with van der Waals surface area (Å²) in [5.41, 5.74) is 1.12. The molecule has 3 heteroatoms. The predicted molar refractivity (Wildman–Crippen MR) is 100 cm³/mol. The molecule has 0 saturated heterocycles. The third-order valence-corrected chi connectivity index (χ3v) is 4.54. The van der Waals surface area contributed by atoms with Crippen LogP contribution in [0.15, 0.2) is 71.1 Å². The molecule has 0 saturated carbocycles. The van der Waals surface area contributed by atoms with Crippen LogP contribution in [0.3, 0.4) is 0 Å². The van der Waals surface area contributed by atoms with Crippen LogP contribution in [-0.4, -0.2) is 6.11 Å². The van der Waals surface area contributed by atoms with Crippen LogP contribution in [0.5, 0.6) is 0 Å². The highest BCUT2D eigenvalue weighted by atomic mass is 19.3. The topological polar surface area (TPSA) is 9.23 Å². The van der Waals surface area contributed by atoms with Crippen molar-refractivity contribution < 1.29 is 13.5 Å². The van der Waals surface area contributed by atoms with Crippen LogP contribution in [0, 0.1) is 10.8 Å². The molecule has 1 nitrogen and oxygen atoms in total.